The summed E-state index contributed by atoms with van der Waals surface area (Å²) in [5.41, 5.74) is 0.464. The first-order chi connectivity index (χ1) is 8.69. The van der Waals surface area contributed by atoms with Gasteiger partial charge in [-0.2, -0.15) is 13.2 Å². The van der Waals surface area contributed by atoms with Crippen molar-refractivity contribution in [1.82, 2.24) is 9.55 Å². The number of aromatic nitrogens is 2. The highest BCUT2D eigenvalue weighted by atomic mass is 19.4. The molecule has 1 aromatic heterocycles. The van der Waals surface area contributed by atoms with Gasteiger partial charge in [0.05, 0.1) is 17.6 Å². The van der Waals surface area contributed by atoms with Crippen LogP contribution in [-0.2, 0) is 11.6 Å². The second-order valence-corrected chi connectivity index (χ2v) is 5.45. The van der Waals surface area contributed by atoms with Crippen LogP contribution in [0.2, 0.25) is 0 Å². The minimum absolute atomic E-state index is 0.246. The number of imidazole rings is 1. The molecule has 0 aliphatic carbocycles. The van der Waals surface area contributed by atoms with Gasteiger partial charge in [-0.25, -0.2) is 4.98 Å². The molecule has 0 atom stereocenters. The molecular formula is C14H15F3N2. The molecule has 2 aromatic rings. The number of benzene rings is 1. The lowest BCUT2D eigenvalue weighted by Crippen LogP contribution is -2.16. The number of nitrogens with zero attached hydrogens (tertiary/aromatic N) is 2. The largest absolute Gasteiger partial charge is 0.416 e. The Hall–Kier alpha value is -1.78. The number of hydrogen-bond acceptors (Lipinski definition) is 1. The van der Waals surface area contributed by atoms with E-state index in [0.717, 1.165) is 11.6 Å². The maximum Gasteiger partial charge on any atom is 0.416 e. The Bertz CT molecular complexity index is 563. The van der Waals surface area contributed by atoms with Gasteiger partial charge >= 0.3 is 6.18 Å². The summed E-state index contributed by atoms with van der Waals surface area (Å²) in [6, 6.07) is 3.83. The van der Waals surface area contributed by atoms with Crippen molar-refractivity contribution in [3.63, 3.8) is 0 Å². The Labute approximate surface area is 109 Å². The average molecular weight is 268 g/mol. The first-order valence-electron chi connectivity index (χ1n) is 5.89. The third-order valence-corrected chi connectivity index (χ3v) is 2.92. The number of halogens is 3. The zero-order valence-electron chi connectivity index (χ0n) is 11.0. The molecule has 2 rings (SSSR count). The van der Waals surface area contributed by atoms with Crippen LogP contribution >= 0.6 is 0 Å². The summed E-state index contributed by atoms with van der Waals surface area (Å²) in [5.74, 6) is 0. The van der Waals surface area contributed by atoms with Crippen LogP contribution in [0.5, 0.6) is 0 Å². The molecule has 102 valence electrons. The van der Waals surface area contributed by atoms with Crippen molar-refractivity contribution in [1.29, 1.82) is 0 Å². The van der Waals surface area contributed by atoms with E-state index in [-0.39, 0.29) is 5.41 Å². The van der Waals surface area contributed by atoms with Gasteiger partial charge in [-0.3, -0.25) is 0 Å². The third kappa shape index (κ3) is 2.80. The molecule has 0 aliphatic rings. The molecule has 5 heteroatoms. The van der Waals surface area contributed by atoms with Crippen LogP contribution < -0.4 is 0 Å². The number of alkyl halides is 3. The lowest BCUT2D eigenvalue weighted by molar-refractivity contribution is -0.137. The minimum atomic E-state index is -4.34. The van der Waals surface area contributed by atoms with Crippen molar-refractivity contribution in [3.8, 4) is 5.69 Å². The fraction of sp³-hybridized carbons (Fsp3) is 0.357. The molecule has 1 heterocycles. The van der Waals surface area contributed by atoms with Crippen LogP contribution in [0.25, 0.3) is 5.69 Å². The van der Waals surface area contributed by atoms with Gasteiger partial charge in [-0.1, -0.05) is 26.8 Å². The summed E-state index contributed by atoms with van der Waals surface area (Å²) >= 11 is 0. The zero-order chi connectivity index (χ0) is 14.3. The zero-order valence-corrected chi connectivity index (χ0v) is 11.0. The Morgan fingerprint density at radius 3 is 2.26 bits per heavy atom. The van der Waals surface area contributed by atoms with Gasteiger partial charge in [0, 0.05) is 12.4 Å². The smallest absolute Gasteiger partial charge is 0.306 e. The van der Waals surface area contributed by atoms with Crippen molar-refractivity contribution in [3.05, 3.63) is 48.0 Å². The maximum absolute atomic E-state index is 12.8. The highest BCUT2D eigenvalue weighted by Crippen LogP contribution is 2.35. The van der Waals surface area contributed by atoms with Crippen molar-refractivity contribution in [2.24, 2.45) is 0 Å². The van der Waals surface area contributed by atoms with Gasteiger partial charge in [0.15, 0.2) is 0 Å². The van der Waals surface area contributed by atoms with Crippen LogP contribution in [0.3, 0.4) is 0 Å². The molecule has 0 amide bonds. The molecule has 0 saturated heterocycles. The van der Waals surface area contributed by atoms with Crippen LogP contribution in [0, 0.1) is 0 Å². The van der Waals surface area contributed by atoms with E-state index >= 15 is 0 Å². The molecule has 0 fully saturated rings. The summed E-state index contributed by atoms with van der Waals surface area (Å²) in [7, 11) is 0. The molecule has 19 heavy (non-hydrogen) atoms. The molecule has 0 bridgehead atoms. The Morgan fingerprint density at radius 1 is 1.11 bits per heavy atom. The van der Waals surface area contributed by atoms with Crippen molar-refractivity contribution in [2.45, 2.75) is 32.4 Å². The predicted molar refractivity (Wildman–Crippen MR) is 67.3 cm³/mol. The summed E-state index contributed by atoms with van der Waals surface area (Å²) < 4.78 is 40.0. The molecule has 0 radical (unpaired) electrons. The number of hydrogen-bond donors (Lipinski definition) is 0. The average Bonchev–Trinajstić information content (AvgIpc) is 2.79. The SMILES string of the molecule is CC(C)(C)c1ccc(C(F)(F)F)cc1-n1ccnc1. The Morgan fingerprint density at radius 2 is 1.79 bits per heavy atom. The van der Waals surface area contributed by atoms with E-state index in [9.17, 15) is 13.2 Å². The summed E-state index contributed by atoms with van der Waals surface area (Å²) in [5, 5.41) is 0. The molecule has 0 unspecified atom stereocenters. The first-order valence-corrected chi connectivity index (χ1v) is 5.89. The molecule has 0 N–H and O–H groups in total. The van der Waals surface area contributed by atoms with E-state index in [1.54, 1.807) is 17.0 Å². The highest BCUT2D eigenvalue weighted by molar-refractivity contribution is 5.48. The molecular weight excluding hydrogens is 253 g/mol. The van der Waals surface area contributed by atoms with Gasteiger partial charge in [0.2, 0.25) is 0 Å². The van der Waals surface area contributed by atoms with Gasteiger partial charge in [0.25, 0.3) is 0 Å². The fourth-order valence-corrected chi connectivity index (χ4v) is 1.96. The normalized spacial score (nSPS) is 12.7. The monoisotopic (exact) mass is 268 g/mol. The van der Waals surface area contributed by atoms with Crippen molar-refractivity contribution < 1.29 is 13.2 Å². The van der Waals surface area contributed by atoms with Crippen LogP contribution in [0.1, 0.15) is 31.9 Å². The second kappa shape index (κ2) is 4.40. The number of rotatable bonds is 1. The van der Waals surface area contributed by atoms with Crippen LogP contribution in [0.15, 0.2) is 36.9 Å². The van der Waals surface area contributed by atoms with E-state index in [4.69, 9.17) is 0 Å². The fourth-order valence-electron chi connectivity index (χ4n) is 1.96. The van der Waals surface area contributed by atoms with E-state index < -0.39 is 11.7 Å². The highest BCUT2D eigenvalue weighted by Gasteiger charge is 2.32. The van der Waals surface area contributed by atoms with Crippen molar-refractivity contribution in [2.75, 3.05) is 0 Å². The summed E-state index contributed by atoms with van der Waals surface area (Å²) in [4.78, 5) is 3.90. The van der Waals surface area contributed by atoms with Crippen LogP contribution in [-0.4, -0.2) is 9.55 Å². The molecule has 2 nitrogen and oxygen atoms in total. The van der Waals surface area contributed by atoms with E-state index in [1.165, 1.54) is 18.5 Å². The van der Waals surface area contributed by atoms with Crippen LogP contribution in [0.4, 0.5) is 13.2 Å². The van der Waals surface area contributed by atoms with Gasteiger partial charge < -0.3 is 4.57 Å². The van der Waals surface area contributed by atoms with Gasteiger partial charge in [-0.05, 0) is 23.1 Å². The lowest BCUT2D eigenvalue weighted by atomic mass is 9.85. The summed E-state index contributed by atoms with van der Waals surface area (Å²) in [6.07, 6.45) is 0.355. The Kier molecular flexibility index (Phi) is 3.16. The standard InChI is InChI=1S/C14H15F3N2/c1-13(2,3)11-5-4-10(14(15,16)17)8-12(11)19-7-6-18-9-19/h4-9H,1-3H3. The molecule has 1 aromatic carbocycles. The van der Waals surface area contributed by atoms with Gasteiger partial charge in [0.1, 0.15) is 0 Å². The topological polar surface area (TPSA) is 17.8 Å². The Balaban J connectivity index is 2.65. The maximum atomic E-state index is 12.8. The summed E-state index contributed by atoms with van der Waals surface area (Å²) in [6.45, 7) is 5.90. The second-order valence-electron chi connectivity index (χ2n) is 5.45. The van der Waals surface area contributed by atoms with E-state index in [0.29, 0.717) is 5.69 Å². The molecule has 0 spiro atoms. The first kappa shape index (κ1) is 13.6. The van der Waals surface area contributed by atoms with Crippen molar-refractivity contribution >= 4 is 0 Å². The quantitative estimate of drug-likeness (QED) is 0.758. The van der Waals surface area contributed by atoms with E-state index in [1.807, 2.05) is 20.8 Å². The molecule has 0 aliphatic heterocycles. The predicted octanol–water partition coefficient (Wildman–Crippen LogP) is 4.19. The third-order valence-electron chi connectivity index (χ3n) is 2.92. The van der Waals surface area contributed by atoms with Gasteiger partial charge in [-0.15, -0.1) is 0 Å². The minimum Gasteiger partial charge on any atom is -0.306 e. The molecule has 0 saturated carbocycles. The van der Waals surface area contributed by atoms with E-state index in [2.05, 4.69) is 4.98 Å². The lowest BCUT2D eigenvalue weighted by Gasteiger charge is -2.24.